The molecule has 0 saturated heterocycles. The molecule has 4 rings (SSSR count). The van der Waals surface area contributed by atoms with Crippen LogP contribution in [0.5, 0.6) is 0 Å². The molecule has 0 amide bonds. The highest BCUT2D eigenvalue weighted by Gasteiger charge is 2.21. The summed E-state index contributed by atoms with van der Waals surface area (Å²) in [7, 11) is 1.55. The van der Waals surface area contributed by atoms with Crippen molar-refractivity contribution >= 4 is 16.9 Å². The summed E-state index contributed by atoms with van der Waals surface area (Å²) >= 11 is 0. The number of benzene rings is 2. The van der Waals surface area contributed by atoms with Gasteiger partial charge in [0.15, 0.2) is 11.2 Å². The third-order valence-electron chi connectivity index (χ3n) is 5.17. The minimum absolute atomic E-state index is 0.0906. The number of aryl methyl sites for hydroxylation is 1. The van der Waals surface area contributed by atoms with Gasteiger partial charge < -0.3 is 15.4 Å². The zero-order chi connectivity index (χ0) is 22.1. The van der Waals surface area contributed by atoms with E-state index in [0.717, 1.165) is 10.1 Å². The molecule has 0 spiro atoms. The fraction of sp³-hybridized carbons (Fsp3) is 0.227. The van der Waals surface area contributed by atoms with Gasteiger partial charge in [-0.2, -0.15) is 0 Å². The summed E-state index contributed by atoms with van der Waals surface area (Å²) < 4.78 is 17.5. The molecule has 2 aromatic carbocycles. The number of rotatable bonds is 6. The number of nitrogens with two attached hydrogens (primary N) is 1. The van der Waals surface area contributed by atoms with Crippen molar-refractivity contribution in [2.24, 2.45) is 7.05 Å². The summed E-state index contributed by atoms with van der Waals surface area (Å²) in [5.41, 5.74) is 7.44. The number of aromatic nitrogens is 4. The average Bonchev–Trinajstić information content (AvgIpc) is 3.13. The topological polar surface area (TPSA) is 108 Å². The smallest absolute Gasteiger partial charge is 0.332 e. The summed E-state index contributed by atoms with van der Waals surface area (Å²) in [5, 5.41) is 9.16. The SMILES string of the molecule is Cn1c(=O)n(CCCO)c(=O)c2c1nc(-c1cccc(N)c1)n2Cc1ccc(F)cc1. The number of hydrogen-bond donors (Lipinski definition) is 2. The van der Waals surface area contributed by atoms with Crippen molar-refractivity contribution in [1.82, 2.24) is 18.7 Å². The number of hydrogen-bond acceptors (Lipinski definition) is 5. The van der Waals surface area contributed by atoms with E-state index >= 15 is 0 Å². The Morgan fingerprint density at radius 2 is 1.84 bits per heavy atom. The largest absolute Gasteiger partial charge is 0.399 e. The number of aliphatic hydroxyl groups excluding tert-OH is 1. The summed E-state index contributed by atoms with van der Waals surface area (Å²) in [6, 6.07) is 13.1. The highest BCUT2D eigenvalue weighted by molar-refractivity contribution is 5.78. The highest BCUT2D eigenvalue weighted by atomic mass is 19.1. The Hall–Kier alpha value is -3.72. The third kappa shape index (κ3) is 3.75. The third-order valence-corrected chi connectivity index (χ3v) is 5.17. The molecular weight excluding hydrogens is 401 g/mol. The molecule has 4 aromatic rings. The predicted molar refractivity (Wildman–Crippen MR) is 116 cm³/mol. The van der Waals surface area contributed by atoms with Crippen molar-refractivity contribution in [2.75, 3.05) is 12.3 Å². The zero-order valence-corrected chi connectivity index (χ0v) is 17.0. The Bertz CT molecular complexity index is 1370. The summed E-state index contributed by atoms with van der Waals surface area (Å²) in [4.78, 5) is 30.7. The second-order valence-electron chi connectivity index (χ2n) is 7.32. The van der Waals surface area contributed by atoms with Crippen molar-refractivity contribution < 1.29 is 9.50 Å². The number of aliphatic hydroxyl groups is 1. The van der Waals surface area contributed by atoms with E-state index in [-0.39, 0.29) is 43.1 Å². The fourth-order valence-electron chi connectivity index (χ4n) is 3.62. The minimum atomic E-state index is -0.503. The fourth-order valence-corrected chi connectivity index (χ4v) is 3.62. The van der Waals surface area contributed by atoms with Gasteiger partial charge in [0.25, 0.3) is 5.56 Å². The molecule has 3 N–H and O–H groups in total. The monoisotopic (exact) mass is 423 g/mol. The molecule has 0 radical (unpaired) electrons. The maximum absolute atomic E-state index is 13.4. The lowest BCUT2D eigenvalue weighted by atomic mass is 10.1. The van der Waals surface area contributed by atoms with Crippen LogP contribution < -0.4 is 17.0 Å². The summed E-state index contributed by atoms with van der Waals surface area (Å²) in [6.07, 6.45) is 0.273. The molecule has 0 atom stereocenters. The van der Waals surface area contributed by atoms with Crippen molar-refractivity contribution in [3.05, 3.63) is 80.7 Å². The second kappa shape index (κ2) is 8.19. The standard InChI is InChI=1S/C22H22FN5O3/c1-26-20-18(21(30)27(22(26)31)10-3-11-29)28(13-14-6-8-16(23)9-7-14)19(25-20)15-4-2-5-17(24)12-15/h2,4-9,12,29H,3,10-11,13,24H2,1H3. The van der Waals surface area contributed by atoms with Gasteiger partial charge in [0.05, 0.1) is 0 Å². The zero-order valence-electron chi connectivity index (χ0n) is 17.0. The Balaban J connectivity index is 2.03. The van der Waals surface area contributed by atoms with Crippen LogP contribution in [0.3, 0.4) is 0 Å². The Morgan fingerprint density at radius 1 is 1.10 bits per heavy atom. The van der Waals surface area contributed by atoms with E-state index < -0.39 is 11.2 Å². The average molecular weight is 423 g/mol. The Labute approximate surface area is 176 Å². The van der Waals surface area contributed by atoms with Crippen LogP contribution in [-0.2, 0) is 20.1 Å². The lowest BCUT2D eigenvalue weighted by Gasteiger charge is -2.11. The quantitative estimate of drug-likeness (QED) is 0.459. The van der Waals surface area contributed by atoms with Crippen LogP contribution in [-0.4, -0.2) is 30.4 Å². The first-order chi connectivity index (χ1) is 14.9. The number of fused-ring (bicyclic) bond motifs is 1. The van der Waals surface area contributed by atoms with Crippen LogP contribution in [0.4, 0.5) is 10.1 Å². The van der Waals surface area contributed by atoms with Gasteiger partial charge in [-0.25, -0.2) is 14.2 Å². The molecule has 0 aliphatic carbocycles. The first kappa shape index (κ1) is 20.5. The van der Waals surface area contributed by atoms with Gasteiger partial charge in [0, 0.05) is 38.0 Å². The van der Waals surface area contributed by atoms with Gasteiger partial charge in [-0.05, 0) is 36.2 Å². The molecule has 0 saturated carbocycles. The molecular formula is C22H22FN5O3. The van der Waals surface area contributed by atoms with Gasteiger partial charge >= 0.3 is 5.69 Å². The number of halogens is 1. The van der Waals surface area contributed by atoms with Crippen molar-refractivity contribution in [3.8, 4) is 11.4 Å². The first-order valence-electron chi connectivity index (χ1n) is 9.82. The van der Waals surface area contributed by atoms with E-state index in [9.17, 15) is 14.0 Å². The van der Waals surface area contributed by atoms with Gasteiger partial charge in [-0.1, -0.05) is 24.3 Å². The molecule has 31 heavy (non-hydrogen) atoms. The van der Waals surface area contributed by atoms with Gasteiger partial charge in [0.2, 0.25) is 0 Å². The molecule has 2 aromatic heterocycles. The van der Waals surface area contributed by atoms with E-state index in [1.165, 1.54) is 16.7 Å². The normalized spacial score (nSPS) is 11.3. The number of imidazole rings is 1. The molecule has 9 heteroatoms. The molecule has 0 fully saturated rings. The van der Waals surface area contributed by atoms with E-state index in [0.29, 0.717) is 17.1 Å². The molecule has 0 aliphatic heterocycles. The number of nitrogen functional groups attached to an aromatic ring is 1. The summed E-state index contributed by atoms with van der Waals surface area (Å²) in [6.45, 7) is 0.193. The lowest BCUT2D eigenvalue weighted by Crippen LogP contribution is -2.39. The number of nitrogens with zero attached hydrogens (tertiary/aromatic N) is 4. The van der Waals surface area contributed by atoms with Crippen molar-refractivity contribution in [1.29, 1.82) is 0 Å². The van der Waals surface area contributed by atoms with Gasteiger partial charge in [0.1, 0.15) is 11.6 Å². The summed E-state index contributed by atoms with van der Waals surface area (Å²) in [5.74, 6) is 0.114. The predicted octanol–water partition coefficient (Wildman–Crippen LogP) is 1.72. The molecule has 0 unspecified atom stereocenters. The molecule has 2 heterocycles. The molecule has 8 nitrogen and oxygen atoms in total. The van der Waals surface area contributed by atoms with Crippen molar-refractivity contribution in [3.63, 3.8) is 0 Å². The Kier molecular flexibility index (Phi) is 5.43. The van der Waals surface area contributed by atoms with Crippen LogP contribution in [0.15, 0.2) is 58.1 Å². The molecule has 160 valence electrons. The van der Waals surface area contributed by atoms with E-state index in [2.05, 4.69) is 4.98 Å². The molecule has 0 aliphatic rings. The second-order valence-corrected chi connectivity index (χ2v) is 7.32. The van der Waals surface area contributed by atoms with Crippen LogP contribution >= 0.6 is 0 Å². The van der Waals surface area contributed by atoms with Gasteiger partial charge in [-0.3, -0.25) is 13.9 Å². The van der Waals surface area contributed by atoms with Crippen LogP contribution in [0.2, 0.25) is 0 Å². The van der Waals surface area contributed by atoms with Gasteiger partial charge in [-0.15, -0.1) is 0 Å². The maximum Gasteiger partial charge on any atom is 0.332 e. The maximum atomic E-state index is 13.4. The van der Waals surface area contributed by atoms with Crippen LogP contribution in [0, 0.1) is 5.82 Å². The van der Waals surface area contributed by atoms with Crippen molar-refractivity contribution in [2.45, 2.75) is 19.5 Å². The number of anilines is 1. The Morgan fingerprint density at radius 3 is 2.52 bits per heavy atom. The minimum Gasteiger partial charge on any atom is -0.399 e. The molecule has 0 bridgehead atoms. The van der Waals surface area contributed by atoms with E-state index in [1.807, 2.05) is 6.07 Å². The van der Waals surface area contributed by atoms with E-state index in [4.69, 9.17) is 10.8 Å². The lowest BCUT2D eigenvalue weighted by molar-refractivity contribution is 0.277. The first-order valence-corrected chi connectivity index (χ1v) is 9.82. The van der Waals surface area contributed by atoms with E-state index in [1.54, 1.807) is 41.9 Å². The highest BCUT2D eigenvalue weighted by Crippen LogP contribution is 2.25. The van der Waals surface area contributed by atoms with Crippen LogP contribution in [0.1, 0.15) is 12.0 Å². The van der Waals surface area contributed by atoms with Crippen LogP contribution in [0.25, 0.3) is 22.6 Å².